The van der Waals surface area contributed by atoms with E-state index in [-0.39, 0.29) is 19.1 Å². The second kappa shape index (κ2) is 8.60. The van der Waals surface area contributed by atoms with Gasteiger partial charge in [-0.1, -0.05) is 30.3 Å². The van der Waals surface area contributed by atoms with Gasteiger partial charge in [0.25, 0.3) is 5.91 Å². The molecular formula is C18H21NO3S. The molecule has 0 saturated carbocycles. The van der Waals surface area contributed by atoms with E-state index >= 15 is 0 Å². The second-order valence-corrected chi connectivity index (χ2v) is 6.03. The highest BCUT2D eigenvalue weighted by Gasteiger charge is 2.10. The Morgan fingerprint density at radius 2 is 1.91 bits per heavy atom. The molecule has 0 spiro atoms. The Hall–Kier alpha value is -1.98. The predicted molar refractivity (Wildman–Crippen MR) is 92.9 cm³/mol. The highest BCUT2D eigenvalue weighted by atomic mass is 32.2. The zero-order valence-electron chi connectivity index (χ0n) is 13.3. The molecule has 0 unspecified atom stereocenters. The van der Waals surface area contributed by atoms with E-state index in [4.69, 9.17) is 4.74 Å². The van der Waals surface area contributed by atoms with Crippen LogP contribution in [0, 0.1) is 6.92 Å². The van der Waals surface area contributed by atoms with Crippen molar-refractivity contribution in [2.24, 2.45) is 0 Å². The molecule has 4 nitrogen and oxygen atoms in total. The largest absolute Gasteiger partial charge is 0.484 e. The number of hydrogen-bond acceptors (Lipinski definition) is 4. The highest BCUT2D eigenvalue weighted by molar-refractivity contribution is 7.98. The van der Waals surface area contributed by atoms with Crippen LogP contribution < -0.4 is 10.1 Å². The fourth-order valence-electron chi connectivity index (χ4n) is 2.07. The number of thioether (sulfide) groups is 1. The highest BCUT2D eigenvalue weighted by Crippen LogP contribution is 2.19. The van der Waals surface area contributed by atoms with E-state index in [0.717, 1.165) is 16.0 Å². The number of carbonyl (C=O) groups is 1. The van der Waals surface area contributed by atoms with Gasteiger partial charge in [-0.05, 0) is 42.5 Å². The maximum Gasteiger partial charge on any atom is 0.258 e. The SMILES string of the molecule is CSc1ccc([C@@H](O)CNC(=O)COc2ccccc2C)cc1. The first-order valence-corrected chi connectivity index (χ1v) is 8.59. The average Bonchev–Trinajstić information content (AvgIpc) is 2.59. The summed E-state index contributed by atoms with van der Waals surface area (Å²) in [5, 5.41) is 12.8. The smallest absolute Gasteiger partial charge is 0.258 e. The van der Waals surface area contributed by atoms with E-state index in [2.05, 4.69) is 5.32 Å². The van der Waals surface area contributed by atoms with Crippen LogP contribution in [0.5, 0.6) is 5.75 Å². The second-order valence-electron chi connectivity index (χ2n) is 5.15. The van der Waals surface area contributed by atoms with Crippen molar-refractivity contribution in [3.63, 3.8) is 0 Å². The van der Waals surface area contributed by atoms with Gasteiger partial charge in [-0.3, -0.25) is 4.79 Å². The van der Waals surface area contributed by atoms with E-state index in [0.29, 0.717) is 5.75 Å². The van der Waals surface area contributed by atoms with Crippen LogP contribution in [0.4, 0.5) is 0 Å². The van der Waals surface area contributed by atoms with Crippen LogP contribution in [0.25, 0.3) is 0 Å². The molecule has 122 valence electrons. The monoisotopic (exact) mass is 331 g/mol. The van der Waals surface area contributed by atoms with Gasteiger partial charge in [-0.25, -0.2) is 0 Å². The number of para-hydroxylation sites is 1. The number of nitrogens with one attached hydrogen (secondary N) is 1. The zero-order valence-corrected chi connectivity index (χ0v) is 14.1. The number of rotatable bonds is 7. The van der Waals surface area contributed by atoms with Crippen molar-refractivity contribution in [3.8, 4) is 5.75 Å². The third kappa shape index (κ3) is 5.30. The molecule has 0 heterocycles. The minimum Gasteiger partial charge on any atom is -0.484 e. The normalized spacial score (nSPS) is 11.8. The predicted octanol–water partition coefficient (Wildman–Crippen LogP) is 2.95. The minimum absolute atomic E-state index is 0.0665. The summed E-state index contributed by atoms with van der Waals surface area (Å²) >= 11 is 1.65. The van der Waals surface area contributed by atoms with Crippen molar-refractivity contribution in [2.75, 3.05) is 19.4 Å². The summed E-state index contributed by atoms with van der Waals surface area (Å²) in [6.45, 7) is 2.02. The molecule has 0 bridgehead atoms. The maximum atomic E-state index is 11.8. The molecule has 0 fully saturated rings. The van der Waals surface area contributed by atoms with Crippen LogP contribution in [0.2, 0.25) is 0 Å². The summed E-state index contributed by atoms with van der Waals surface area (Å²) in [6, 6.07) is 15.2. The molecule has 0 aliphatic heterocycles. The lowest BCUT2D eigenvalue weighted by molar-refractivity contribution is -0.123. The summed E-state index contributed by atoms with van der Waals surface area (Å²) in [4.78, 5) is 12.9. The quantitative estimate of drug-likeness (QED) is 0.766. The van der Waals surface area contributed by atoms with Crippen LogP contribution >= 0.6 is 11.8 Å². The fraction of sp³-hybridized carbons (Fsp3) is 0.278. The number of aryl methyl sites for hydroxylation is 1. The molecule has 1 atom stereocenters. The lowest BCUT2D eigenvalue weighted by Crippen LogP contribution is -2.32. The molecule has 0 radical (unpaired) electrons. The molecule has 2 N–H and O–H groups in total. The molecule has 5 heteroatoms. The Balaban J connectivity index is 1.78. The van der Waals surface area contributed by atoms with Crippen LogP contribution in [-0.4, -0.2) is 30.4 Å². The van der Waals surface area contributed by atoms with Crippen molar-refractivity contribution >= 4 is 17.7 Å². The van der Waals surface area contributed by atoms with Crippen molar-refractivity contribution in [3.05, 3.63) is 59.7 Å². The van der Waals surface area contributed by atoms with Crippen molar-refractivity contribution in [2.45, 2.75) is 17.9 Å². The van der Waals surface area contributed by atoms with Gasteiger partial charge in [0, 0.05) is 11.4 Å². The molecule has 0 aliphatic carbocycles. The zero-order chi connectivity index (χ0) is 16.7. The van der Waals surface area contributed by atoms with E-state index in [1.807, 2.05) is 61.7 Å². The summed E-state index contributed by atoms with van der Waals surface area (Å²) in [5.74, 6) is 0.434. The molecule has 23 heavy (non-hydrogen) atoms. The lowest BCUT2D eigenvalue weighted by Gasteiger charge is -2.13. The number of aliphatic hydroxyl groups is 1. The Bertz CT molecular complexity index is 643. The molecule has 2 aromatic rings. The third-order valence-electron chi connectivity index (χ3n) is 3.45. The van der Waals surface area contributed by atoms with Gasteiger partial charge in [0.05, 0.1) is 6.10 Å². The molecule has 1 amide bonds. The van der Waals surface area contributed by atoms with Gasteiger partial charge in [0.15, 0.2) is 6.61 Å². The van der Waals surface area contributed by atoms with Crippen molar-refractivity contribution < 1.29 is 14.6 Å². The standard InChI is InChI=1S/C18H21NO3S/c1-13-5-3-4-6-17(13)22-12-18(21)19-11-16(20)14-7-9-15(23-2)10-8-14/h3-10,16,20H,11-12H2,1-2H3,(H,19,21)/t16-/m0/s1. The fourth-order valence-corrected chi connectivity index (χ4v) is 2.48. The van der Waals surface area contributed by atoms with Gasteiger partial charge in [-0.15, -0.1) is 11.8 Å². The van der Waals surface area contributed by atoms with E-state index in [1.165, 1.54) is 0 Å². The Morgan fingerprint density at radius 3 is 2.57 bits per heavy atom. The van der Waals surface area contributed by atoms with Gasteiger partial charge in [0.2, 0.25) is 0 Å². The van der Waals surface area contributed by atoms with Crippen molar-refractivity contribution in [1.29, 1.82) is 0 Å². The van der Waals surface area contributed by atoms with Gasteiger partial charge in [0.1, 0.15) is 5.75 Å². The number of carbonyl (C=O) groups excluding carboxylic acids is 1. The molecule has 2 rings (SSSR count). The van der Waals surface area contributed by atoms with Crippen LogP contribution in [0.3, 0.4) is 0 Å². The first kappa shape index (κ1) is 17.4. The number of amides is 1. The molecule has 0 aliphatic rings. The summed E-state index contributed by atoms with van der Waals surface area (Å²) < 4.78 is 5.47. The number of ether oxygens (including phenoxy) is 1. The Labute approximate surface area is 140 Å². The molecule has 2 aromatic carbocycles. The van der Waals surface area contributed by atoms with Crippen molar-refractivity contribution in [1.82, 2.24) is 5.32 Å². The molecule has 0 aromatic heterocycles. The summed E-state index contributed by atoms with van der Waals surface area (Å²) in [5.41, 5.74) is 1.76. The van der Waals surface area contributed by atoms with E-state index in [9.17, 15) is 9.90 Å². The molecule has 0 saturated heterocycles. The minimum atomic E-state index is -0.728. The number of aliphatic hydroxyl groups excluding tert-OH is 1. The first-order valence-electron chi connectivity index (χ1n) is 7.37. The van der Waals surface area contributed by atoms with Gasteiger partial charge >= 0.3 is 0 Å². The van der Waals surface area contributed by atoms with Gasteiger partial charge < -0.3 is 15.2 Å². The average molecular weight is 331 g/mol. The topological polar surface area (TPSA) is 58.6 Å². The molecular weight excluding hydrogens is 310 g/mol. The van der Waals surface area contributed by atoms with E-state index < -0.39 is 6.10 Å². The van der Waals surface area contributed by atoms with Crippen LogP contribution in [0.15, 0.2) is 53.4 Å². The Kier molecular flexibility index (Phi) is 6.50. The lowest BCUT2D eigenvalue weighted by atomic mass is 10.1. The van der Waals surface area contributed by atoms with Crippen LogP contribution in [-0.2, 0) is 4.79 Å². The number of benzene rings is 2. The third-order valence-corrected chi connectivity index (χ3v) is 4.19. The Morgan fingerprint density at radius 1 is 1.22 bits per heavy atom. The maximum absolute atomic E-state index is 11.8. The summed E-state index contributed by atoms with van der Waals surface area (Å²) in [7, 11) is 0. The van der Waals surface area contributed by atoms with Gasteiger partial charge in [-0.2, -0.15) is 0 Å². The van der Waals surface area contributed by atoms with Crippen LogP contribution in [0.1, 0.15) is 17.2 Å². The first-order chi connectivity index (χ1) is 11.1. The van der Waals surface area contributed by atoms with E-state index in [1.54, 1.807) is 11.8 Å². The number of hydrogen-bond donors (Lipinski definition) is 2. The summed E-state index contributed by atoms with van der Waals surface area (Å²) in [6.07, 6.45) is 1.27.